The van der Waals surface area contributed by atoms with Crippen LogP contribution < -0.4 is 0 Å². The first-order valence-electron chi connectivity index (χ1n) is 4.29. The number of rotatable bonds is 0. The van der Waals surface area contributed by atoms with Crippen LogP contribution >= 0.6 is 11.8 Å². The third kappa shape index (κ3) is 1.83. The Morgan fingerprint density at radius 1 is 1.23 bits per heavy atom. The van der Waals surface area contributed by atoms with Crippen LogP contribution in [0, 0.1) is 0 Å². The van der Waals surface area contributed by atoms with Crippen molar-refractivity contribution in [3.05, 3.63) is 41.3 Å². The lowest BCUT2D eigenvalue weighted by Crippen LogP contribution is -1.91. The van der Waals surface area contributed by atoms with E-state index < -0.39 is 0 Å². The molecule has 1 aromatic carbocycles. The van der Waals surface area contributed by atoms with Gasteiger partial charge in [0.1, 0.15) is 0 Å². The standard InChI is InChI=1S/C9H6OS.C2H6/c1-6-9(10)7-4-2-3-5-8(7)11-6;1-2/h2-5H,1H2;1-2H3. The fourth-order valence-electron chi connectivity index (χ4n) is 1.07. The number of carbonyl (C=O) groups excluding carboxylic acids is 1. The molecule has 2 rings (SSSR count). The summed E-state index contributed by atoms with van der Waals surface area (Å²) in [5.41, 5.74) is 0.794. The van der Waals surface area contributed by atoms with Gasteiger partial charge in [-0.1, -0.05) is 44.3 Å². The monoisotopic (exact) mass is 192 g/mol. The van der Waals surface area contributed by atoms with Crippen LogP contribution in [0.2, 0.25) is 0 Å². The number of carbonyl (C=O) groups is 1. The van der Waals surface area contributed by atoms with Crippen LogP contribution in [0.1, 0.15) is 24.2 Å². The molecule has 1 aliphatic rings. The average molecular weight is 192 g/mol. The Bertz CT molecular complexity index is 342. The molecule has 1 nitrogen and oxygen atoms in total. The van der Waals surface area contributed by atoms with Gasteiger partial charge >= 0.3 is 0 Å². The Labute approximate surface area is 82.9 Å². The molecule has 1 aliphatic heterocycles. The molecule has 1 aromatic rings. The molecule has 0 saturated carbocycles. The van der Waals surface area contributed by atoms with Gasteiger partial charge in [-0.2, -0.15) is 0 Å². The van der Waals surface area contributed by atoms with Gasteiger partial charge in [-0.15, -0.1) is 0 Å². The second kappa shape index (κ2) is 4.28. The van der Waals surface area contributed by atoms with E-state index >= 15 is 0 Å². The molecule has 68 valence electrons. The van der Waals surface area contributed by atoms with Gasteiger partial charge in [-0.05, 0) is 12.1 Å². The molecule has 13 heavy (non-hydrogen) atoms. The summed E-state index contributed by atoms with van der Waals surface area (Å²) in [6, 6.07) is 7.58. The molecule has 0 radical (unpaired) electrons. The summed E-state index contributed by atoms with van der Waals surface area (Å²) in [6.45, 7) is 7.66. The fourth-order valence-corrected chi connectivity index (χ4v) is 1.96. The molecule has 0 bridgehead atoms. The minimum absolute atomic E-state index is 0.0746. The summed E-state index contributed by atoms with van der Waals surface area (Å²) in [4.78, 5) is 12.9. The topological polar surface area (TPSA) is 17.1 Å². The highest BCUT2D eigenvalue weighted by Gasteiger charge is 2.22. The second-order valence-corrected chi connectivity index (χ2v) is 3.49. The Kier molecular flexibility index (Phi) is 3.32. The van der Waals surface area contributed by atoms with Crippen LogP contribution in [-0.4, -0.2) is 5.78 Å². The maximum absolute atomic E-state index is 11.3. The highest BCUT2D eigenvalue weighted by Crippen LogP contribution is 2.38. The number of benzene rings is 1. The van der Waals surface area contributed by atoms with Gasteiger partial charge in [-0.25, -0.2) is 0 Å². The van der Waals surface area contributed by atoms with Crippen molar-refractivity contribution in [2.24, 2.45) is 0 Å². The first kappa shape index (κ1) is 10.1. The molecule has 0 amide bonds. The maximum atomic E-state index is 11.3. The van der Waals surface area contributed by atoms with E-state index in [0.717, 1.165) is 10.5 Å². The van der Waals surface area contributed by atoms with Crippen LogP contribution in [0.25, 0.3) is 0 Å². The van der Waals surface area contributed by atoms with E-state index in [1.54, 1.807) is 0 Å². The summed E-state index contributed by atoms with van der Waals surface area (Å²) < 4.78 is 0. The lowest BCUT2D eigenvalue weighted by atomic mass is 10.1. The second-order valence-electron chi connectivity index (χ2n) is 2.35. The van der Waals surface area contributed by atoms with Crippen molar-refractivity contribution in [1.29, 1.82) is 0 Å². The molecule has 0 atom stereocenters. The van der Waals surface area contributed by atoms with Gasteiger partial charge in [-0.3, -0.25) is 4.79 Å². The molecule has 1 heterocycles. The zero-order chi connectivity index (χ0) is 9.84. The molecule has 0 saturated heterocycles. The molecule has 0 N–H and O–H groups in total. The van der Waals surface area contributed by atoms with Crippen LogP contribution in [0.3, 0.4) is 0 Å². The first-order chi connectivity index (χ1) is 6.29. The SMILES string of the molecule is C=C1Sc2ccccc2C1=O.CC. The summed E-state index contributed by atoms with van der Waals surface area (Å²) >= 11 is 1.46. The van der Waals surface area contributed by atoms with Crippen LogP contribution in [0.5, 0.6) is 0 Å². The number of allylic oxidation sites excluding steroid dienone is 1. The largest absolute Gasteiger partial charge is 0.288 e. The molecule has 0 fully saturated rings. The minimum Gasteiger partial charge on any atom is -0.288 e. The van der Waals surface area contributed by atoms with E-state index in [0.29, 0.717) is 4.91 Å². The number of Topliss-reactive ketones (excluding diaryl/α,β-unsaturated/α-hetero) is 1. The number of fused-ring (bicyclic) bond motifs is 1. The molecule has 0 unspecified atom stereocenters. The predicted molar refractivity (Wildman–Crippen MR) is 57.1 cm³/mol. The van der Waals surface area contributed by atoms with E-state index in [2.05, 4.69) is 6.58 Å². The molecular weight excluding hydrogens is 180 g/mol. The van der Waals surface area contributed by atoms with Crippen molar-refractivity contribution in [2.45, 2.75) is 18.7 Å². The third-order valence-electron chi connectivity index (χ3n) is 1.62. The summed E-state index contributed by atoms with van der Waals surface area (Å²) in [5.74, 6) is 0.0746. The van der Waals surface area contributed by atoms with E-state index in [9.17, 15) is 4.79 Å². The number of thioether (sulfide) groups is 1. The molecular formula is C11H12OS. The minimum atomic E-state index is 0.0746. The van der Waals surface area contributed by atoms with Crippen molar-refractivity contribution in [3.63, 3.8) is 0 Å². The molecule has 2 heteroatoms. The number of hydrogen-bond acceptors (Lipinski definition) is 2. The molecule has 0 spiro atoms. The van der Waals surface area contributed by atoms with Crippen LogP contribution in [0.4, 0.5) is 0 Å². The zero-order valence-corrected chi connectivity index (χ0v) is 8.65. The van der Waals surface area contributed by atoms with E-state index in [1.165, 1.54) is 11.8 Å². The Morgan fingerprint density at radius 2 is 1.85 bits per heavy atom. The lowest BCUT2D eigenvalue weighted by Gasteiger charge is -1.90. The van der Waals surface area contributed by atoms with Crippen molar-refractivity contribution >= 4 is 17.5 Å². The third-order valence-corrected chi connectivity index (χ3v) is 2.63. The van der Waals surface area contributed by atoms with Gasteiger partial charge in [0.15, 0.2) is 5.78 Å². The lowest BCUT2D eigenvalue weighted by molar-refractivity contribution is 0.104. The van der Waals surface area contributed by atoms with Crippen molar-refractivity contribution in [3.8, 4) is 0 Å². The predicted octanol–water partition coefficient (Wildman–Crippen LogP) is 3.51. The summed E-state index contributed by atoms with van der Waals surface area (Å²) in [7, 11) is 0. The van der Waals surface area contributed by atoms with Gasteiger partial charge in [0.2, 0.25) is 0 Å². The first-order valence-corrected chi connectivity index (χ1v) is 5.11. The highest BCUT2D eigenvalue weighted by atomic mass is 32.2. The molecule has 0 aliphatic carbocycles. The van der Waals surface area contributed by atoms with Crippen molar-refractivity contribution in [1.82, 2.24) is 0 Å². The van der Waals surface area contributed by atoms with Gasteiger partial charge < -0.3 is 0 Å². The van der Waals surface area contributed by atoms with Gasteiger partial charge in [0, 0.05) is 10.5 Å². The van der Waals surface area contributed by atoms with Gasteiger partial charge in [0.05, 0.1) is 4.91 Å². The average Bonchev–Trinajstić information content (AvgIpc) is 2.47. The Balaban J connectivity index is 0.000000396. The zero-order valence-electron chi connectivity index (χ0n) is 7.83. The fraction of sp³-hybridized carbons (Fsp3) is 0.182. The number of ketones is 1. The van der Waals surface area contributed by atoms with E-state index in [-0.39, 0.29) is 5.78 Å². The summed E-state index contributed by atoms with van der Waals surface area (Å²) in [5, 5.41) is 0. The maximum Gasteiger partial charge on any atom is 0.200 e. The Morgan fingerprint density at radius 3 is 2.46 bits per heavy atom. The smallest absolute Gasteiger partial charge is 0.200 e. The van der Waals surface area contributed by atoms with Crippen molar-refractivity contribution < 1.29 is 4.79 Å². The van der Waals surface area contributed by atoms with Gasteiger partial charge in [0.25, 0.3) is 0 Å². The Hall–Kier alpha value is -1.02. The van der Waals surface area contributed by atoms with E-state index in [4.69, 9.17) is 0 Å². The highest BCUT2D eigenvalue weighted by molar-refractivity contribution is 8.04. The quantitative estimate of drug-likeness (QED) is 0.585. The normalized spacial score (nSPS) is 13.4. The van der Waals surface area contributed by atoms with Crippen LogP contribution in [-0.2, 0) is 0 Å². The van der Waals surface area contributed by atoms with Crippen LogP contribution in [0.15, 0.2) is 40.6 Å². The number of hydrogen-bond donors (Lipinski definition) is 0. The van der Waals surface area contributed by atoms with E-state index in [1.807, 2.05) is 38.1 Å². The van der Waals surface area contributed by atoms with Crippen molar-refractivity contribution in [2.75, 3.05) is 0 Å². The molecule has 0 aromatic heterocycles. The summed E-state index contributed by atoms with van der Waals surface area (Å²) in [6.07, 6.45) is 0.